The first-order valence-electron chi connectivity index (χ1n) is 6.70. The van der Waals surface area contributed by atoms with Crippen LogP contribution in [0.5, 0.6) is 5.75 Å². The summed E-state index contributed by atoms with van der Waals surface area (Å²) >= 11 is 0. The van der Waals surface area contributed by atoms with Gasteiger partial charge in [-0.15, -0.1) is 0 Å². The first-order valence-corrected chi connectivity index (χ1v) is 6.70. The summed E-state index contributed by atoms with van der Waals surface area (Å²) in [5, 5.41) is 3.37. The molecule has 0 fully saturated rings. The first-order chi connectivity index (χ1) is 9.25. The van der Waals surface area contributed by atoms with E-state index in [9.17, 15) is 0 Å². The highest BCUT2D eigenvalue weighted by atomic mass is 16.5. The summed E-state index contributed by atoms with van der Waals surface area (Å²) in [4.78, 5) is 0. The normalized spacial score (nSPS) is 10.4. The fourth-order valence-corrected chi connectivity index (χ4v) is 1.87. The maximum Gasteiger partial charge on any atom is 0.119 e. The molecule has 0 aliphatic heterocycles. The topological polar surface area (TPSA) is 21.3 Å². The number of aryl methyl sites for hydroxylation is 2. The third-order valence-corrected chi connectivity index (χ3v) is 3.20. The van der Waals surface area contributed by atoms with Crippen LogP contribution in [-0.4, -0.2) is 13.2 Å². The summed E-state index contributed by atoms with van der Waals surface area (Å²) in [6.07, 6.45) is 0. The van der Waals surface area contributed by atoms with Crippen LogP contribution in [0, 0.1) is 13.8 Å². The maximum absolute atomic E-state index is 5.72. The van der Waals surface area contributed by atoms with Gasteiger partial charge in [-0.3, -0.25) is 0 Å². The number of hydrogen-bond donors (Lipinski definition) is 1. The minimum Gasteiger partial charge on any atom is -0.492 e. The van der Waals surface area contributed by atoms with Crippen LogP contribution in [0.2, 0.25) is 0 Å². The lowest BCUT2D eigenvalue weighted by Crippen LogP contribution is -2.20. The van der Waals surface area contributed by atoms with Crippen LogP contribution in [0.1, 0.15) is 16.7 Å². The molecule has 2 aromatic carbocycles. The number of ether oxygens (including phenoxy) is 1. The molecule has 0 amide bonds. The predicted octanol–water partition coefficient (Wildman–Crippen LogP) is 3.47. The van der Waals surface area contributed by atoms with Gasteiger partial charge in [0, 0.05) is 13.1 Å². The Hall–Kier alpha value is -1.80. The Morgan fingerprint density at radius 2 is 1.74 bits per heavy atom. The lowest BCUT2D eigenvalue weighted by atomic mass is 10.1. The van der Waals surface area contributed by atoms with Gasteiger partial charge in [0.25, 0.3) is 0 Å². The van der Waals surface area contributed by atoms with Gasteiger partial charge >= 0.3 is 0 Å². The van der Waals surface area contributed by atoms with Crippen LogP contribution in [0.25, 0.3) is 0 Å². The third-order valence-electron chi connectivity index (χ3n) is 3.20. The van der Waals surface area contributed by atoms with Gasteiger partial charge in [-0.05, 0) is 42.7 Å². The number of rotatable bonds is 6. The van der Waals surface area contributed by atoms with Crippen molar-refractivity contribution in [1.82, 2.24) is 5.32 Å². The van der Waals surface area contributed by atoms with Gasteiger partial charge in [0.1, 0.15) is 12.4 Å². The number of benzene rings is 2. The highest BCUT2D eigenvalue weighted by Crippen LogP contribution is 2.15. The van der Waals surface area contributed by atoms with Crippen molar-refractivity contribution in [3.8, 4) is 5.75 Å². The van der Waals surface area contributed by atoms with Crippen LogP contribution >= 0.6 is 0 Å². The van der Waals surface area contributed by atoms with Crippen LogP contribution in [0.15, 0.2) is 48.5 Å². The van der Waals surface area contributed by atoms with Gasteiger partial charge in [-0.25, -0.2) is 0 Å². The summed E-state index contributed by atoms with van der Waals surface area (Å²) in [6, 6.07) is 16.6. The van der Waals surface area contributed by atoms with E-state index in [2.05, 4.69) is 55.6 Å². The van der Waals surface area contributed by atoms with E-state index in [-0.39, 0.29) is 0 Å². The molecule has 2 aromatic rings. The molecule has 0 saturated carbocycles. The van der Waals surface area contributed by atoms with Crippen LogP contribution < -0.4 is 10.1 Å². The molecule has 0 heterocycles. The summed E-state index contributed by atoms with van der Waals surface area (Å²) in [5.41, 5.74) is 3.87. The molecule has 0 atom stereocenters. The molecule has 0 saturated heterocycles. The summed E-state index contributed by atoms with van der Waals surface area (Å²) in [7, 11) is 0. The van der Waals surface area contributed by atoms with Crippen molar-refractivity contribution in [1.29, 1.82) is 0 Å². The van der Waals surface area contributed by atoms with Gasteiger partial charge < -0.3 is 10.1 Å². The Morgan fingerprint density at radius 3 is 2.47 bits per heavy atom. The van der Waals surface area contributed by atoms with Gasteiger partial charge in [0.15, 0.2) is 0 Å². The molecule has 0 aromatic heterocycles. The van der Waals surface area contributed by atoms with E-state index < -0.39 is 0 Å². The van der Waals surface area contributed by atoms with E-state index in [0.717, 1.165) is 18.8 Å². The van der Waals surface area contributed by atoms with E-state index in [1.165, 1.54) is 16.7 Å². The van der Waals surface area contributed by atoms with Gasteiger partial charge in [-0.1, -0.05) is 36.4 Å². The molecule has 0 spiro atoms. The van der Waals surface area contributed by atoms with Gasteiger partial charge in [0.05, 0.1) is 0 Å². The number of hydrogen-bond acceptors (Lipinski definition) is 2. The molecule has 100 valence electrons. The molecule has 0 unspecified atom stereocenters. The van der Waals surface area contributed by atoms with Gasteiger partial charge in [0.2, 0.25) is 0 Å². The van der Waals surface area contributed by atoms with Crippen molar-refractivity contribution in [2.45, 2.75) is 20.4 Å². The van der Waals surface area contributed by atoms with Crippen LogP contribution in [0.4, 0.5) is 0 Å². The van der Waals surface area contributed by atoms with E-state index in [0.29, 0.717) is 6.61 Å². The van der Waals surface area contributed by atoms with Gasteiger partial charge in [-0.2, -0.15) is 0 Å². The molecule has 2 rings (SSSR count). The molecule has 0 radical (unpaired) electrons. The van der Waals surface area contributed by atoms with Crippen molar-refractivity contribution >= 4 is 0 Å². The molecule has 2 nitrogen and oxygen atoms in total. The second-order valence-corrected chi connectivity index (χ2v) is 4.76. The predicted molar refractivity (Wildman–Crippen MR) is 79.6 cm³/mol. The quantitative estimate of drug-likeness (QED) is 0.798. The fourth-order valence-electron chi connectivity index (χ4n) is 1.87. The summed E-state index contributed by atoms with van der Waals surface area (Å²) in [6.45, 7) is 6.64. The van der Waals surface area contributed by atoms with Crippen molar-refractivity contribution in [2.75, 3.05) is 13.2 Å². The minimum atomic E-state index is 0.690. The highest BCUT2D eigenvalue weighted by molar-refractivity contribution is 5.33. The molecular formula is C17H21NO. The van der Waals surface area contributed by atoms with Crippen molar-refractivity contribution in [3.05, 3.63) is 65.2 Å². The molecule has 1 N–H and O–H groups in total. The van der Waals surface area contributed by atoms with Crippen molar-refractivity contribution < 1.29 is 4.74 Å². The second-order valence-electron chi connectivity index (χ2n) is 4.76. The summed E-state index contributed by atoms with van der Waals surface area (Å²) < 4.78 is 5.72. The number of nitrogens with one attached hydrogen (secondary N) is 1. The zero-order valence-electron chi connectivity index (χ0n) is 11.6. The monoisotopic (exact) mass is 255 g/mol. The third kappa shape index (κ3) is 4.42. The van der Waals surface area contributed by atoms with E-state index in [4.69, 9.17) is 4.74 Å². The average Bonchev–Trinajstić information content (AvgIpc) is 2.43. The van der Waals surface area contributed by atoms with Crippen LogP contribution in [0.3, 0.4) is 0 Å². The van der Waals surface area contributed by atoms with E-state index >= 15 is 0 Å². The Kier molecular flexibility index (Phi) is 4.99. The fraction of sp³-hybridized carbons (Fsp3) is 0.294. The molecule has 19 heavy (non-hydrogen) atoms. The maximum atomic E-state index is 5.72. The molecule has 2 heteroatoms. The Labute approximate surface area is 115 Å². The molecule has 0 bridgehead atoms. The smallest absolute Gasteiger partial charge is 0.119 e. The zero-order valence-corrected chi connectivity index (χ0v) is 11.6. The highest BCUT2D eigenvalue weighted by Gasteiger charge is 1.97. The minimum absolute atomic E-state index is 0.690. The summed E-state index contributed by atoms with van der Waals surface area (Å²) in [5.74, 6) is 0.949. The Bertz CT molecular complexity index is 508. The molecule has 0 aliphatic rings. The van der Waals surface area contributed by atoms with E-state index in [1.807, 2.05) is 12.1 Å². The zero-order chi connectivity index (χ0) is 13.5. The largest absolute Gasteiger partial charge is 0.492 e. The lowest BCUT2D eigenvalue weighted by molar-refractivity contribution is 0.313. The molecule has 0 aliphatic carbocycles. The Balaban J connectivity index is 1.68. The van der Waals surface area contributed by atoms with Crippen LogP contribution in [-0.2, 0) is 6.54 Å². The first kappa shape index (κ1) is 13.6. The molecular weight excluding hydrogens is 234 g/mol. The SMILES string of the molecule is Cc1ccc(OCCNCc2ccccc2)cc1C. The Morgan fingerprint density at radius 1 is 0.947 bits per heavy atom. The van der Waals surface area contributed by atoms with Crippen molar-refractivity contribution in [2.24, 2.45) is 0 Å². The standard InChI is InChI=1S/C17H21NO/c1-14-8-9-17(12-15(14)2)19-11-10-18-13-16-6-4-3-5-7-16/h3-9,12,18H,10-11,13H2,1-2H3. The lowest BCUT2D eigenvalue weighted by Gasteiger charge is -2.09. The second kappa shape index (κ2) is 6.95. The van der Waals surface area contributed by atoms with Crippen molar-refractivity contribution in [3.63, 3.8) is 0 Å². The van der Waals surface area contributed by atoms with E-state index in [1.54, 1.807) is 0 Å². The average molecular weight is 255 g/mol.